The highest BCUT2D eigenvalue weighted by atomic mass is 35.5. The monoisotopic (exact) mass is 436 g/mol. The highest BCUT2D eigenvalue weighted by Crippen LogP contribution is 2.42. The second-order valence-electron chi connectivity index (χ2n) is 7.64. The van der Waals surface area contributed by atoms with E-state index in [2.05, 4.69) is 27.2 Å². The summed E-state index contributed by atoms with van der Waals surface area (Å²) in [7, 11) is 0. The average Bonchev–Trinajstić information content (AvgIpc) is 3.33. The normalized spacial score (nSPS) is 17.7. The van der Waals surface area contributed by atoms with Crippen molar-refractivity contribution in [1.82, 2.24) is 24.3 Å². The molecule has 1 N–H and O–H groups in total. The van der Waals surface area contributed by atoms with E-state index in [9.17, 15) is 9.18 Å². The second-order valence-corrected chi connectivity index (χ2v) is 8.05. The lowest BCUT2D eigenvalue weighted by atomic mass is 9.78. The van der Waals surface area contributed by atoms with Gasteiger partial charge in [0, 0.05) is 30.4 Å². The Morgan fingerprint density at radius 2 is 2.10 bits per heavy atom. The van der Waals surface area contributed by atoms with Gasteiger partial charge in [-0.05, 0) is 31.0 Å². The first-order valence-corrected chi connectivity index (χ1v) is 10.3. The van der Waals surface area contributed by atoms with E-state index >= 15 is 0 Å². The zero-order chi connectivity index (χ0) is 21.8. The van der Waals surface area contributed by atoms with Crippen molar-refractivity contribution >= 4 is 29.0 Å². The molecule has 0 bridgehead atoms. The Bertz CT molecular complexity index is 1350. The van der Waals surface area contributed by atoms with Crippen LogP contribution < -0.4 is 5.32 Å². The molecule has 0 saturated heterocycles. The van der Waals surface area contributed by atoms with E-state index in [4.69, 9.17) is 16.6 Å². The number of rotatable bonds is 4. The lowest BCUT2D eigenvalue weighted by molar-refractivity contribution is -0.119. The van der Waals surface area contributed by atoms with E-state index in [0.717, 1.165) is 24.2 Å². The Kier molecular flexibility index (Phi) is 4.48. The van der Waals surface area contributed by atoms with Gasteiger partial charge in [0.05, 0.1) is 10.7 Å². The lowest BCUT2D eigenvalue weighted by Gasteiger charge is -2.22. The number of hydrogen-bond acceptors (Lipinski definition) is 5. The van der Waals surface area contributed by atoms with Gasteiger partial charge in [0.1, 0.15) is 22.7 Å². The van der Waals surface area contributed by atoms with Crippen molar-refractivity contribution in [3.63, 3.8) is 0 Å². The first-order valence-electron chi connectivity index (χ1n) is 9.89. The molecule has 0 spiro atoms. The second kappa shape index (κ2) is 7.09. The number of halogens is 2. The minimum absolute atomic E-state index is 0.00132. The molecule has 0 aliphatic carbocycles. The Morgan fingerprint density at radius 1 is 1.26 bits per heavy atom. The number of aryl methyl sites for hydroxylation is 1. The van der Waals surface area contributed by atoms with Crippen molar-refractivity contribution in [2.45, 2.75) is 32.1 Å². The van der Waals surface area contributed by atoms with Crippen molar-refractivity contribution in [1.29, 1.82) is 0 Å². The van der Waals surface area contributed by atoms with Crippen LogP contribution in [-0.4, -0.2) is 30.2 Å². The Balaban J connectivity index is 1.61. The molecule has 4 heterocycles. The minimum Gasteiger partial charge on any atom is -0.309 e. The maximum Gasteiger partial charge on any atom is 0.240 e. The molecule has 4 aromatic rings. The van der Waals surface area contributed by atoms with Crippen molar-refractivity contribution in [3.8, 4) is 11.5 Å². The van der Waals surface area contributed by atoms with Crippen molar-refractivity contribution in [3.05, 3.63) is 70.6 Å². The topological polar surface area (TPSA) is 85.1 Å². The SMILES string of the molecule is CCCc1nc(-c2ncc3c(n2)NC(=O)C3(C)c2ccc(Cl)c(F)c2)cn2ccnc12. The first kappa shape index (κ1) is 19.6. The average molecular weight is 437 g/mol. The highest BCUT2D eigenvalue weighted by molar-refractivity contribution is 6.30. The number of nitrogens with one attached hydrogen (secondary N) is 1. The van der Waals surface area contributed by atoms with Crippen molar-refractivity contribution in [2.75, 3.05) is 5.32 Å². The molecule has 1 unspecified atom stereocenters. The molecule has 0 fully saturated rings. The Morgan fingerprint density at radius 3 is 2.87 bits per heavy atom. The predicted molar refractivity (Wildman–Crippen MR) is 115 cm³/mol. The molecular formula is C22H18ClFN6O. The van der Waals surface area contributed by atoms with Gasteiger partial charge in [0.15, 0.2) is 11.5 Å². The van der Waals surface area contributed by atoms with Crippen LogP contribution in [0.3, 0.4) is 0 Å². The zero-order valence-electron chi connectivity index (χ0n) is 16.9. The fraction of sp³-hybridized carbons (Fsp3) is 0.227. The van der Waals surface area contributed by atoms with Gasteiger partial charge < -0.3 is 9.72 Å². The van der Waals surface area contributed by atoms with Gasteiger partial charge in [0.2, 0.25) is 5.91 Å². The fourth-order valence-electron chi connectivity index (χ4n) is 3.92. The number of carbonyl (C=O) groups excluding carboxylic acids is 1. The number of aromatic nitrogens is 5. The molecule has 0 saturated carbocycles. The van der Waals surface area contributed by atoms with Crippen LogP contribution in [0.1, 0.15) is 37.1 Å². The Labute approximate surface area is 182 Å². The summed E-state index contributed by atoms with van der Waals surface area (Å²) < 4.78 is 16.0. The van der Waals surface area contributed by atoms with Crippen LogP contribution in [0.15, 0.2) is 43.0 Å². The van der Waals surface area contributed by atoms with Gasteiger partial charge in [-0.1, -0.05) is 31.0 Å². The maximum absolute atomic E-state index is 14.1. The maximum atomic E-state index is 14.1. The van der Waals surface area contributed by atoms with Gasteiger partial charge in [-0.25, -0.2) is 24.3 Å². The number of anilines is 1. The summed E-state index contributed by atoms with van der Waals surface area (Å²) in [6.07, 6.45) is 8.68. The number of nitrogens with zero attached hydrogens (tertiary/aromatic N) is 5. The smallest absolute Gasteiger partial charge is 0.240 e. The van der Waals surface area contributed by atoms with Crippen LogP contribution in [0.5, 0.6) is 0 Å². The third-order valence-electron chi connectivity index (χ3n) is 5.67. The summed E-state index contributed by atoms with van der Waals surface area (Å²) >= 11 is 5.81. The zero-order valence-corrected chi connectivity index (χ0v) is 17.6. The molecule has 1 aliphatic heterocycles. The third-order valence-corrected chi connectivity index (χ3v) is 5.98. The fourth-order valence-corrected chi connectivity index (χ4v) is 4.04. The summed E-state index contributed by atoms with van der Waals surface area (Å²) in [6, 6.07) is 4.35. The van der Waals surface area contributed by atoms with Crippen LogP contribution in [0, 0.1) is 5.82 Å². The van der Waals surface area contributed by atoms with E-state index in [1.807, 2.05) is 16.8 Å². The van der Waals surface area contributed by atoms with Crippen LogP contribution in [-0.2, 0) is 16.6 Å². The molecule has 5 rings (SSSR count). The minimum atomic E-state index is -1.13. The Hall–Kier alpha value is -3.39. The number of benzene rings is 1. The van der Waals surface area contributed by atoms with Crippen LogP contribution in [0.25, 0.3) is 17.2 Å². The van der Waals surface area contributed by atoms with Gasteiger partial charge >= 0.3 is 0 Å². The summed E-state index contributed by atoms with van der Waals surface area (Å²) in [5.41, 5.74) is 2.16. The molecule has 1 aliphatic rings. The summed E-state index contributed by atoms with van der Waals surface area (Å²) in [5.74, 6) is -0.114. The van der Waals surface area contributed by atoms with Crippen LogP contribution >= 0.6 is 11.6 Å². The van der Waals surface area contributed by atoms with Crippen LogP contribution in [0.4, 0.5) is 10.2 Å². The van der Waals surface area contributed by atoms with E-state index in [-0.39, 0.29) is 10.9 Å². The molecule has 3 aromatic heterocycles. The van der Waals surface area contributed by atoms with Gasteiger partial charge in [-0.15, -0.1) is 0 Å². The van der Waals surface area contributed by atoms with Gasteiger partial charge in [-0.2, -0.15) is 0 Å². The lowest BCUT2D eigenvalue weighted by Crippen LogP contribution is -2.32. The summed E-state index contributed by atoms with van der Waals surface area (Å²) in [6.45, 7) is 3.80. The van der Waals surface area contributed by atoms with E-state index < -0.39 is 11.2 Å². The molecule has 1 amide bonds. The molecule has 1 atom stereocenters. The molecular weight excluding hydrogens is 419 g/mol. The van der Waals surface area contributed by atoms with E-state index in [0.29, 0.717) is 28.5 Å². The largest absolute Gasteiger partial charge is 0.309 e. The van der Waals surface area contributed by atoms with Gasteiger partial charge in [0.25, 0.3) is 0 Å². The van der Waals surface area contributed by atoms with Gasteiger partial charge in [-0.3, -0.25) is 4.79 Å². The third kappa shape index (κ3) is 2.97. The molecule has 0 radical (unpaired) electrons. The molecule has 7 nitrogen and oxygen atoms in total. The standard InChI is InChI=1S/C22H18ClFN6O/c1-3-4-16-20-25-7-8-30(20)11-17(27-16)19-26-10-13-18(28-19)29-21(31)22(13,2)12-5-6-14(23)15(24)9-12/h5-11H,3-4H2,1-2H3,(H,26,28,29,31). The first-order chi connectivity index (χ1) is 14.9. The number of fused-ring (bicyclic) bond motifs is 2. The van der Waals surface area contributed by atoms with Crippen molar-refractivity contribution in [2.24, 2.45) is 0 Å². The predicted octanol–water partition coefficient (Wildman–Crippen LogP) is 4.19. The van der Waals surface area contributed by atoms with Crippen molar-refractivity contribution < 1.29 is 9.18 Å². The number of carbonyl (C=O) groups is 1. The summed E-state index contributed by atoms with van der Waals surface area (Å²) in [4.78, 5) is 31.0. The summed E-state index contributed by atoms with van der Waals surface area (Å²) in [5, 5.41) is 2.81. The quantitative estimate of drug-likeness (QED) is 0.518. The molecule has 9 heteroatoms. The molecule has 156 valence electrons. The number of amides is 1. The van der Waals surface area contributed by atoms with E-state index in [1.165, 1.54) is 12.1 Å². The number of imidazole rings is 1. The van der Waals surface area contributed by atoms with Crippen LogP contribution in [0.2, 0.25) is 5.02 Å². The van der Waals surface area contributed by atoms with E-state index in [1.54, 1.807) is 25.4 Å². The molecule has 1 aromatic carbocycles. The molecule has 31 heavy (non-hydrogen) atoms. The highest BCUT2D eigenvalue weighted by Gasteiger charge is 2.46. The number of hydrogen-bond donors (Lipinski definition) is 1.